The molecule has 156 valence electrons. The van der Waals surface area contributed by atoms with E-state index in [-0.39, 0.29) is 11.8 Å². The lowest BCUT2D eigenvalue weighted by Crippen LogP contribution is -2.30. The number of aliphatic carboxylic acids is 1. The van der Waals surface area contributed by atoms with Gasteiger partial charge in [-0.05, 0) is 47.4 Å². The zero-order valence-corrected chi connectivity index (χ0v) is 18.0. The number of hydrogen-bond acceptors (Lipinski definition) is 3. The van der Waals surface area contributed by atoms with Crippen LogP contribution in [0.3, 0.4) is 0 Å². The summed E-state index contributed by atoms with van der Waals surface area (Å²) in [4.78, 5) is 12.0. The number of carbonyl (C=O) groups is 1. The molecule has 4 nitrogen and oxygen atoms in total. The number of hydrogen-bond donors (Lipinski definition) is 1. The molecule has 1 unspecified atom stereocenters. The first-order valence-electron chi connectivity index (χ1n) is 9.74. The Labute approximate surface area is 182 Å². The van der Waals surface area contributed by atoms with Crippen LogP contribution in [0.2, 0.25) is 5.02 Å². The van der Waals surface area contributed by atoms with Gasteiger partial charge >= 0.3 is 5.97 Å². The average Bonchev–Trinajstić information content (AvgIpc) is 2.70. The summed E-state index contributed by atoms with van der Waals surface area (Å²) < 4.78 is 12.0. The Morgan fingerprint density at radius 1 is 0.967 bits per heavy atom. The van der Waals surface area contributed by atoms with Crippen molar-refractivity contribution in [2.24, 2.45) is 0 Å². The highest BCUT2D eigenvalue weighted by molar-refractivity contribution is 6.30. The second-order valence-electron chi connectivity index (χ2n) is 8.06. The largest absolute Gasteiger partial charge is 0.478 e. The molecule has 30 heavy (non-hydrogen) atoms. The van der Waals surface area contributed by atoms with E-state index in [0.717, 1.165) is 5.56 Å². The van der Waals surface area contributed by atoms with Gasteiger partial charge in [-0.1, -0.05) is 68.8 Å². The molecule has 1 N–H and O–H groups in total. The minimum Gasteiger partial charge on any atom is -0.478 e. The molecular formula is C25H25ClO4. The molecule has 0 heterocycles. The molecule has 0 radical (unpaired) electrons. The minimum absolute atomic E-state index is 0.108. The summed E-state index contributed by atoms with van der Waals surface area (Å²) in [7, 11) is 0. The van der Waals surface area contributed by atoms with E-state index >= 15 is 0 Å². The van der Waals surface area contributed by atoms with Crippen LogP contribution in [0.4, 0.5) is 0 Å². The van der Waals surface area contributed by atoms with Crippen molar-refractivity contribution >= 4 is 17.6 Å². The molecule has 0 saturated carbocycles. The third-order valence-electron chi connectivity index (χ3n) is 4.64. The summed E-state index contributed by atoms with van der Waals surface area (Å²) in [5.74, 6) is 0.714. The van der Waals surface area contributed by atoms with Crippen molar-refractivity contribution in [3.8, 4) is 17.2 Å². The first kappa shape index (κ1) is 21.7. The fourth-order valence-electron chi connectivity index (χ4n) is 3.14. The Bertz CT molecular complexity index is 1010. The average molecular weight is 425 g/mol. The van der Waals surface area contributed by atoms with Crippen LogP contribution in [0.1, 0.15) is 31.9 Å². The Morgan fingerprint density at radius 3 is 2.30 bits per heavy atom. The van der Waals surface area contributed by atoms with E-state index in [2.05, 4.69) is 20.8 Å². The van der Waals surface area contributed by atoms with Gasteiger partial charge in [0.05, 0.1) is 0 Å². The molecule has 0 aliphatic rings. The summed E-state index contributed by atoms with van der Waals surface area (Å²) in [5, 5.41) is 10.3. The van der Waals surface area contributed by atoms with E-state index in [1.165, 1.54) is 0 Å². The Hall–Kier alpha value is -2.98. The highest BCUT2D eigenvalue weighted by Crippen LogP contribution is 2.33. The Balaban J connectivity index is 1.90. The van der Waals surface area contributed by atoms with E-state index in [1.807, 2.05) is 48.5 Å². The fraction of sp³-hybridized carbons (Fsp3) is 0.240. The van der Waals surface area contributed by atoms with Crippen LogP contribution in [0.15, 0.2) is 72.8 Å². The van der Waals surface area contributed by atoms with E-state index in [4.69, 9.17) is 21.1 Å². The lowest BCUT2D eigenvalue weighted by molar-refractivity contribution is -0.145. The third-order valence-corrected chi connectivity index (χ3v) is 4.87. The van der Waals surface area contributed by atoms with Gasteiger partial charge in [0, 0.05) is 17.0 Å². The predicted octanol–water partition coefficient (Wildman–Crippen LogP) is 6.50. The molecule has 0 spiro atoms. The lowest BCUT2D eigenvalue weighted by Gasteiger charge is -2.25. The molecule has 0 aliphatic heterocycles. The van der Waals surface area contributed by atoms with Crippen LogP contribution in [-0.2, 0) is 16.6 Å². The van der Waals surface area contributed by atoms with Gasteiger partial charge in [0.15, 0.2) is 6.10 Å². The molecular weight excluding hydrogens is 400 g/mol. The van der Waals surface area contributed by atoms with Crippen molar-refractivity contribution < 1.29 is 19.4 Å². The quantitative estimate of drug-likeness (QED) is 0.470. The van der Waals surface area contributed by atoms with Crippen LogP contribution < -0.4 is 9.47 Å². The summed E-state index contributed by atoms with van der Waals surface area (Å²) in [5.41, 5.74) is 1.42. The van der Waals surface area contributed by atoms with Gasteiger partial charge < -0.3 is 14.6 Å². The monoisotopic (exact) mass is 424 g/mol. The maximum atomic E-state index is 12.0. The number of benzene rings is 3. The number of halogens is 1. The minimum atomic E-state index is -1.09. The second-order valence-corrected chi connectivity index (χ2v) is 8.50. The standard InChI is InChI=1S/C25H25ClO4/c1-25(2,3)20-11-7-8-12-22(20)30-23(24(27)28)16-17-15-18(26)13-14-21(17)29-19-9-5-4-6-10-19/h4-15,23H,16H2,1-3H3,(H,27,28). The number of ether oxygens (including phenoxy) is 2. The van der Waals surface area contributed by atoms with Gasteiger partial charge in [-0.3, -0.25) is 0 Å². The molecule has 0 fully saturated rings. The van der Waals surface area contributed by atoms with Crippen molar-refractivity contribution in [3.05, 3.63) is 88.9 Å². The number of para-hydroxylation sites is 2. The molecule has 0 amide bonds. The van der Waals surface area contributed by atoms with Gasteiger partial charge in [-0.25, -0.2) is 4.79 Å². The maximum absolute atomic E-state index is 12.0. The van der Waals surface area contributed by atoms with Gasteiger partial charge in [0.1, 0.15) is 17.2 Å². The first-order valence-corrected chi connectivity index (χ1v) is 10.1. The third kappa shape index (κ3) is 5.55. The van der Waals surface area contributed by atoms with E-state index in [1.54, 1.807) is 24.3 Å². The smallest absolute Gasteiger partial charge is 0.345 e. The SMILES string of the molecule is CC(C)(C)c1ccccc1OC(Cc1cc(Cl)ccc1Oc1ccccc1)C(=O)O. The molecule has 5 heteroatoms. The topological polar surface area (TPSA) is 55.8 Å². The molecule has 3 aromatic carbocycles. The molecule has 0 aromatic heterocycles. The molecule has 3 aromatic rings. The van der Waals surface area contributed by atoms with Crippen LogP contribution in [-0.4, -0.2) is 17.2 Å². The Kier molecular flexibility index (Phi) is 6.68. The molecule has 3 rings (SSSR count). The zero-order chi connectivity index (χ0) is 21.7. The van der Waals surface area contributed by atoms with E-state index in [0.29, 0.717) is 27.8 Å². The molecule has 0 bridgehead atoms. The van der Waals surface area contributed by atoms with Gasteiger partial charge in [0.2, 0.25) is 0 Å². The molecule has 0 aliphatic carbocycles. The maximum Gasteiger partial charge on any atom is 0.345 e. The molecule has 1 atom stereocenters. The van der Waals surface area contributed by atoms with Crippen LogP contribution in [0.25, 0.3) is 0 Å². The van der Waals surface area contributed by atoms with Crippen molar-refractivity contribution in [2.75, 3.05) is 0 Å². The zero-order valence-electron chi connectivity index (χ0n) is 17.3. The van der Waals surface area contributed by atoms with Crippen LogP contribution in [0, 0.1) is 0 Å². The summed E-state index contributed by atoms with van der Waals surface area (Å²) in [6, 6.07) is 22.0. The highest BCUT2D eigenvalue weighted by Gasteiger charge is 2.26. The second kappa shape index (κ2) is 9.23. The first-order chi connectivity index (χ1) is 14.2. The van der Waals surface area contributed by atoms with Crippen molar-refractivity contribution in [3.63, 3.8) is 0 Å². The van der Waals surface area contributed by atoms with Gasteiger partial charge in [-0.15, -0.1) is 0 Å². The normalized spacial score (nSPS) is 12.3. The predicted molar refractivity (Wildman–Crippen MR) is 119 cm³/mol. The lowest BCUT2D eigenvalue weighted by atomic mass is 9.86. The fourth-order valence-corrected chi connectivity index (χ4v) is 3.34. The summed E-state index contributed by atoms with van der Waals surface area (Å²) in [6.45, 7) is 6.19. The van der Waals surface area contributed by atoms with Gasteiger partial charge in [-0.2, -0.15) is 0 Å². The number of carboxylic acid groups (broad SMARTS) is 1. The van der Waals surface area contributed by atoms with Crippen LogP contribution in [0.5, 0.6) is 17.2 Å². The number of rotatable bonds is 7. The number of carboxylic acids is 1. The van der Waals surface area contributed by atoms with Gasteiger partial charge in [0.25, 0.3) is 0 Å². The van der Waals surface area contributed by atoms with Crippen molar-refractivity contribution in [2.45, 2.75) is 38.7 Å². The van der Waals surface area contributed by atoms with E-state index < -0.39 is 12.1 Å². The van der Waals surface area contributed by atoms with Crippen LogP contribution >= 0.6 is 11.6 Å². The van der Waals surface area contributed by atoms with Crippen molar-refractivity contribution in [1.82, 2.24) is 0 Å². The summed E-state index contributed by atoms with van der Waals surface area (Å²) in [6.07, 6.45) is -0.985. The van der Waals surface area contributed by atoms with E-state index in [9.17, 15) is 9.90 Å². The highest BCUT2D eigenvalue weighted by atomic mass is 35.5. The Morgan fingerprint density at radius 2 is 1.63 bits per heavy atom. The molecule has 0 saturated heterocycles. The summed E-state index contributed by atoms with van der Waals surface area (Å²) >= 11 is 6.18. The van der Waals surface area contributed by atoms with Crippen molar-refractivity contribution in [1.29, 1.82) is 0 Å².